The van der Waals surface area contributed by atoms with Crippen LogP contribution in [-0.4, -0.2) is 34.3 Å². The maximum Gasteiger partial charge on any atom is 0.347 e. The summed E-state index contributed by atoms with van der Waals surface area (Å²) in [5.41, 5.74) is 5.12. The molecule has 0 bridgehead atoms. The number of fused-ring (bicyclic) bond motifs is 2. The van der Waals surface area contributed by atoms with Crippen LogP contribution < -0.4 is 14.9 Å². The highest BCUT2D eigenvalue weighted by molar-refractivity contribution is 5.97. The van der Waals surface area contributed by atoms with Crippen LogP contribution in [0.5, 0.6) is 11.5 Å². The van der Waals surface area contributed by atoms with Crippen molar-refractivity contribution < 1.29 is 23.9 Å². The number of hydrogen-bond donors (Lipinski definition) is 2. The number of benzene rings is 5. The van der Waals surface area contributed by atoms with Gasteiger partial charge >= 0.3 is 11.9 Å². The molecule has 1 aromatic heterocycles. The molecule has 2 N–H and O–H groups in total. The number of ether oxygens (including phenoxy) is 2. The number of aromatic amines is 1. The molecule has 6 rings (SSSR count). The van der Waals surface area contributed by atoms with Gasteiger partial charge in [0.2, 0.25) is 0 Å². The van der Waals surface area contributed by atoms with Gasteiger partial charge in [0, 0.05) is 30.7 Å². The zero-order valence-electron chi connectivity index (χ0n) is 23.6. The fraction of sp³-hybridized carbons (Fsp3) is 0.0571. The van der Waals surface area contributed by atoms with Crippen molar-refractivity contribution >= 4 is 45.6 Å². The van der Waals surface area contributed by atoms with Gasteiger partial charge in [-0.3, -0.25) is 14.7 Å². The topological polar surface area (TPSA) is 123 Å². The predicted molar refractivity (Wildman–Crippen MR) is 168 cm³/mol. The number of nitrogens with zero attached hydrogens (tertiary/aromatic N) is 2. The molecule has 0 saturated carbocycles. The van der Waals surface area contributed by atoms with Crippen LogP contribution in [0.1, 0.15) is 33.3 Å². The maximum atomic E-state index is 13.1. The lowest BCUT2D eigenvalue weighted by molar-refractivity contribution is -0.131. The highest BCUT2D eigenvalue weighted by Gasteiger charge is 2.18. The minimum atomic E-state index is -0.676. The molecule has 9 nitrogen and oxygen atoms in total. The Morgan fingerprint density at radius 1 is 0.795 bits per heavy atom. The van der Waals surface area contributed by atoms with Crippen molar-refractivity contribution in [3.63, 3.8) is 0 Å². The van der Waals surface area contributed by atoms with Gasteiger partial charge in [-0.05, 0) is 51.9 Å². The number of hydrogen-bond acceptors (Lipinski definition) is 7. The molecule has 0 spiro atoms. The van der Waals surface area contributed by atoms with Crippen molar-refractivity contribution in [2.45, 2.75) is 13.3 Å². The molecule has 0 aliphatic carbocycles. The zero-order valence-corrected chi connectivity index (χ0v) is 23.6. The molecule has 1 heterocycles. The summed E-state index contributed by atoms with van der Waals surface area (Å²) < 4.78 is 11.0. The molecule has 0 aliphatic rings. The van der Waals surface area contributed by atoms with E-state index in [1.165, 1.54) is 25.3 Å². The van der Waals surface area contributed by atoms with E-state index in [2.05, 4.69) is 20.7 Å². The lowest BCUT2D eigenvalue weighted by Crippen LogP contribution is -2.18. The van der Waals surface area contributed by atoms with E-state index in [4.69, 9.17) is 9.47 Å². The Kier molecular flexibility index (Phi) is 7.92. The summed E-state index contributed by atoms with van der Waals surface area (Å²) in [7, 11) is 0. The quantitative estimate of drug-likeness (QED) is 0.0916. The van der Waals surface area contributed by atoms with E-state index in [1.807, 2.05) is 72.8 Å². The fourth-order valence-corrected chi connectivity index (χ4v) is 4.89. The van der Waals surface area contributed by atoms with Gasteiger partial charge in [0.15, 0.2) is 0 Å². The second-order valence-electron chi connectivity index (χ2n) is 9.93. The van der Waals surface area contributed by atoms with E-state index in [-0.39, 0.29) is 23.4 Å². The summed E-state index contributed by atoms with van der Waals surface area (Å²) in [4.78, 5) is 37.5. The zero-order chi connectivity index (χ0) is 30.5. The minimum absolute atomic E-state index is 0.110. The van der Waals surface area contributed by atoms with E-state index in [9.17, 15) is 14.4 Å². The maximum absolute atomic E-state index is 13.1. The minimum Gasteiger partial charge on any atom is -0.426 e. The Balaban J connectivity index is 1.18. The number of hydrazone groups is 1. The number of nitrogens with one attached hydrogen (secondary N) is 2. The van der Waals surface area contributed by atoms with Crippen molar-refractivity contribution in [1.82, 2.24) is 15.6 Å². The average molecular weight is 583 g/mol. The fourth-order valence-electron chi connectivity index (χ4n) is 4.89. The van der Waals surface area contributed by atoms with E-state index >= 15 is 0 Å². The lowest BCUT2D eigenvalue weighted by atomic mass is 10.0. The third-order valence-corrected chi connectivity index (χ3v) is 6.98. The monoisotopic (exact) mass is 582 g/mol. The molecular weight excluding hydrogens is 556 g/mol. The number of aromatic nitrogens is 2. The normalized spacial score (nSPS) is 11.1. The van der Waals surface area contributed by atoms with Gasteiger partial charge in [-0.25, -0.2) is 10.2 Å². The third kappa shape index (κ3) is 6.07. The molecule has 0 aliphatic heterocycles. The average Bonchev–Trinajstić information content (AvgIpc) is 3.54. The smallest absolute Gasteiger partial charge is 0.347 e. The second kappa shape index (κ2) is 12.4. The molecule has 9 heteroatoms. The van der Waals surface area contributed by atoms with Crippen LogP contribution in [0.3, 0.4) is 0 Å². The van der Waals surface area contributed by atoms with Crippen molar-refractivity contribution in [3.8, 4) is 22.8 Å². The van der Waals surface area contributed by atoms with Crippen LogP contribution in [-0.2, 0) is 11.2 Å². The number of para-hydroxylation sites is 1. The molecule has 0 fully saturated rings. The number of rotatable bonds is 8. The van der Waals surface area contributed by atoms with Gasteiger partial charge in [0.1, 0.15) is 22.8 Å². The highest BCUT2D eigenvalue weighted by Crippen LogP contribution is 2.30. The Labute approximate surface area is 252 Å². The van der Waals surface area contributed by atoms with Gasteiger partial charge in [-0.2, -0.15) is 10.2 Å². The van der Waals surface area contributed by atoms with Gasteiger partial charge in [-0.1, -0.05) is 78.9 Å². The van der Waals surface area contributed by atoms with Crippen molar-refractivity contribution in [1.29, 1.82) is 0 Å². The first-order valence-corrected chi connectivity index (χ1v) is 13.8. The first kappa shape index (κ1) is 28.0. The third-order valence-electron chi connectivity index (χ3n) is 6.98. The standard InChI is InChI=1S/C35H26N4O5/c1-22(40)43-32-13-7-6-12-29(32)35(42)44-33-17-16-24-9-4-5-11-27(24)28(33)18-19-36-39-34(41)31-21-30(37-38-31)26-15-14-23-8-2-3-10-25(23)20-26/h2-17,19-21H,18H2,1H3,(H,37,38)(H,39,41)/b36-19+. The number of carbonyl (C=O) groups excluding carboxylic acids is 3. The summed E-state index contributed by atoms with van der Waals surface area (Å²) >= 11 is 0. The summed E-state index contributed by atoms with van der Waals surface area (Å²) in [5.74, 6) is -1.25. The molecule has 44 heavy (non-hydrogen) atoms. The Bertz CT molecular complexity index is 2060. The van der Waals surface area contributed by atoms with Crippen LogP contribution in [0, 0.1) is 0 Å². The van der Waals surface area contributed by atoms with Crippen molar-refractivity contribution in [3.05, 3.63) is 126 Å². The molecule has 0 saturated heterocycles. The van der Waals surface area contributed by atoms with Crippen LogP contribution in [0.15, 0.2) is 114 Å². The Morgan fingerprint density at radius 3 is 2.36 bits per heavy atom. The number of amides is 1. The molecule has 1 amide bonds. The first-order chi connectivity index (χ1) is 21.5. The Morgan fingerprint density at radius 2 is 1.52 bits per heavy atom. The van der Waals surface area contributed by atoms with Crippen LogP contribution in [0.2, 0.25) is 0 Å². The predicted octanol–water partition coefficient (Wildman–Crippen LogP) is 6.49. The molecule has 5 aromatic carbocycles. The van der Waals surface area contributed by atoms with Crippen LogP contribution >= 0.6 is 0 Å². The van der Waals surface area contributed by atoms with E-state index in [0.29, 0.717) is 17.0 Å². The van der Waals surface area contributed by atoms with Crippen LogP contribution in [0.4, 0.5) is 0 Å². The largest absolute Gasteiger partial charge is 0.426 e. The second-order valence-corrected chi connectivity index (χ2v) is 9.93. The number of esters is 2. The van der Waals surface area contributed by atoms with Crippen molar-refractivity contribution in [2.75, 3.05) is 0 Å². The first-order valence-electron chi connectivity index (χ1n) is 13.8. The summed E-state index contributed by atoms with van der Waals surface area (Å²) in [6.07, 6.45) is 1.78. The van der Waals surface area contributed by atoms with E-state index < -0.39 is 17.8 Å². The molecule has 0 radical (unpaired) electrons. The highest BCUT2D eigenvalue weighted by atomic mass is 16.5. The molecular formula is C35H26N4O5. The van der Waals surface area contributed by atoms with E-state index in [0.717, 1.165) is 27.1 Å². The molecule has 0 unspecified atom stereocenters. The molecule has 0 atom stereocenters. The molecule has 6 aromatic rings. The van der Waals surface area contributed by atoms with Gasteiger partial charge < -0.3 is 9.47 Å². The number of carbonyl (C=O) groups is 3. The Hall–Kier alpha value is -6.09. The summed E-state index contributed by atoms with van der Waals surface area (Å²) in [6.45, 7) is 1.26. The van der Waals surface area contributed by atoms with Crippen molar-refractivity contribution in [2.24, 2.45) is 5.10 Å². The lowest BCUT2D eigenvalue weighted by Gasteiger charge is -2.13. The summed E-state index contributed by atoms with van der Waals surface area (Å²) in [5, 5.41) is 15.2. The van der Waals surface area contributed by atoms with E-state index in [1.54, 1.807) is 24.3 Å². The van der Waals surface area contributed by atoms with Gasteiger partial charge in [0.05, 0.1) is 5.69 Å². The molecule has 216 valence electrons. The summed E-state index contributed by atoms with van der Waals surface area (Å²) in [6, 6.07) is 33.3. The number of H-pyrrole nitrogens is 1. The van der Waals surface area contributed by atoms with Crippen LogP contribution in [0.25, 0.3) is 32.8 Å². The van der Waals surface area contributed by atoms with Gasteiger partial charge in [0.25, 0.3) is 5.91 Å². The SMILES string of the molecule is CC(=O)Oc1ccccc1C(=O)Oc1ccc2ccccc2c1C/C=N/NC(=O)c1cc(-c2ccc3ccccc3c2)n[nH]1. The van der Waals surface area contributed by atoms with Gasteiger partial charge in [-0.15, -0.1) is 0 Å².